The number of hydrogen-bond acceptors (Lipinski definition) is 1. The van der Waals surface area contributed by atoms with Gasteiger partial charge in [0.05, 0.1) is 0 Å². The summed E-state index contributed by atoms with van der Waals surface area (Å²) in [5.41, 5.74) is 1.73. The summed E-state index contributed by atoms with van der Waals surface area (Å²) in [5.74, 6) is 0.401. The Hall–Kier alpha value is -0.590. The fraction of sp³-hybridized carbons (Fsp3) is 0.750. The molecule has 1 nitrogen and oxygen atoms in total. The molecule has 2 rings (SSSR count). The minimum absolute atomic E-state index is 0.207. The Labute approximate surface area is 80.2 Å². The number of Topliss-reactive ketones (excluding diaryl/α,β-unsaturated/α-hetero) is 1. The van der Waals surface area contributed by atoms with Gasteiger partial charge in [0.15, 0.2) is 5.78 Å². The molecule has 0 bridgehead atoms. The van der Waals surface area contributed by atoms with Crippen molar-refractivity contribution in [3.8, 4) is 0 Å². The second kappa shape index (κ2) is 2.46. The second-order valence-electron chi connectivity index (χ2n) is 5.65. The Morgan fingerprint density at radius 3 is 2.69 bits per heavy atom. The lowest BCUT2D eigenvalue weighted by Gasteiger charge is -2.39. The SMILES string of the molecule is CC1(C)CC=C2C(=O)CCC2(C)C1. The van der Waals surface area contributed by atoms with Crippen molar-refractivity contribution in [2.45, 2.75) is 46.5 Å². The van der Waals surface area contributed by atoms with Crippen LogP contribution in [0.25, 0.3) is 0 Å². The van der Waals surface area contributed by atoms with Gasteiger partial charge in [-0.25, -0.2) is 0 Å². The maximum atomic E-state index is 11.6. The highest BCUT2D eigenvalue weighted by Crippen LogP contribution is 2.52. The van der Waals surface area contributed by atoms with Crippen LogP contribution in [0.2, 0.25) is 0 Å². The lowest BCUT2D eigenvalue weighted by Crippen LogP contribution is -2.29. The van der Waals surface area contributed by atoms with E-state index in [-0.39, 0.29) is 5.41 Å². The molecule has 0 saturated heterocycles. The largest absolute Gasteiger partial charge is 0.295 e. The van der Waals surface area contributed by atoms with E-state index >= 15 is 0 Å². The molecule has 0 amide bonds. The zero-order valence-corrected chi connectivity index (χ0v) is 8.81. The first kappa shape index (κ1) is 8.98. The molecular weight excluding hydrogens is 160 g/mol. The summed E-state index contributed by atoms with van der Waals surface area (Å²) >= 11 is 0. The van der Waals surface area contributed by atoms with Crippen molar-refractivity contribution in [3.05, 3.63) is 11.6 Å². The summed E-state index contributed by atoms with van der Waals surface area (Å²) in [6.07, 6.45) is 6.29. The highest BCUT2D eigenvalue weighted by molar-refractivity contribution is 5.99. The molecule has 1 saturated carbocycles. The monoisotopic (exact) mass is 178 g/mol. The molecule has 2 aliphatic carbocycles. The number of carbonyl (C=O) groups is 1. The average molecular weight is 178 g/mol. The number of rotatable bonds is 0. The lowest BCUT2D eigenvalue weighted by molar-refractivity contribution is -0.114. The molecule has 1 unspecified atom stereocenters. The van der Waals surface area contributed by atoms with Gasteiger partial charge in [-0.05, 0) is 35.7 Å². The first-order valence-corrected chi connectivity index (χ1v) is 5.17. The summed E-state index contributed by atoms with van der Waals surface area (Å²) in [6, 6.07) is 0. The Balaban J connectivity index is 2.37. The fourth-order valence-electron chi connectivity index (χ4n) is 3.05. The molecule has 0 heterocycles. The topological polar surface area (TPSA) is 17.1 Å². The molecule has 0 N–H and O–H groups in total. The highest BCUT2D eigenvalue weighted by Gasteiger charge is 2.45. The van der Waals surface area contributed by atoms with Gasteiger partial charge in [-0.1, -0.05) is 26.8 Å². The number of hydrogen-bond donors (Lipinski definition) is 0. The van der Waals surface area contributed by atoms with E-state index in [0.717, 1.165) is 24.8 Å². The average Bonchev–Trinajstić information content (AvgIpc) is 2.24. The first-order valence-electron chi connectivity index (χ1n) is 5.17. The van der Waals surface area contributed by atoms with Crippen LogP contribution in [0.15, 0.2) is 11.6 Å². The molecule has 2 aliphatic rings. The van der Waals surface area contributed by atoms with Crippen molar-refractivity contribution in [2.24, 2.45) is 10.8 Å². The van der Waals surface area contributed by atoms with Crippen molar-refractivity contribution in [1.29, 1.82) is 0 Å². The third-order valence-corrected chi connectivity index (χ3v) is 3.58. The van der Waals surface area contributed by atoms with E-state index in [1.807, 2.05) is 0 Å². The van der Waals surface area contributed by atoms with Crippen molar-refractivity contribution in [3.63, 3.8) is 0 Å². The zero-order valence-electron chi connectivity index (χ0n) is 8.81. The maximum Gasteiger partial charge on any atom is 0.159 e. The van der Waals surface area contributed by atoms with E-state index in [0.29, 0.717) is 11.2 Å². The van der Waals surface area contributed by atoms with Gasteiger partial charge in [-0.15, -0.1) is 0 Å². The molecule has 72 valence electrons. The number of ketones is 1. The van der Waals surface area contributed by atoms with E-state index in [9.17, 15) is 4.79 Å². The van der Waals surface area contributed by atoms with Gasteiger partial charge < -0.3 is 0 Å². The van der Waals surface area contributed by atoms with Crippen LogP contribution in [0.3, 0.4) is 0 Å². The highest BCUT2D eigenvalue weighted by atomic mass is 16.1. The van der Waals surface area contributed by atoms with Crippen LogP contribution in [0.5, 0.6) is 0 Å². The minimum atomic E-state index is 0.207. The van der Waals surface area contributed by atoms with Crippen molar-refractivity contribution >= 4 is 5.78 Å². The minimum Gasteiger partial charge on any atom is -0.295 e. The fourth-order valence-corrected chi connectivity index (χ4v) is 3.05. The molecule has 1 fully saturated rings. The van der Waals surface area contributed by atoms with Gasteiger partial charge in [0.25, 0.3) is 0 Å². The molecule has 0 aromatic heterocycles. The van der Waals surface area contributed by atoms with Crippen LogP contribution in [0.4, 0.5) is 0 Å². The molecular formula is C12H18O. The molecule has 0 radical (unpaired) electrons. The van der Waals surface area contributed by atoms with Crippen molar-refractivity contribution < 1.29 is 4.79 Å². The molecule has 0 aromatic carbocycles. The first-order chi connectivity index (χ1) is 5.93. The normalized spacial score (nSPS) is 37.2. The van der Waals surface area contributed by atoms with Crippen LogP contribution >= 0.6 is 0 Å². The van der Waals surface area contributed by atoms with Gasteiger partial charge in [0, 0.05) is 6.42 Å². The van der Waals surface area contributed by atoms with Crippen LogP contribution in [-0.2, 0) is 4.79 Å². The van der Waals surface area contributed by atoms with E-state index in [1.165, 1.54) is 6.42 Å². The van der Waals surface area contributed by atoms with Crippen LogP contribution in [-0.4, -0.2) is 5.78 Å². The quantitative estimate of drug-likeness (QED) is 0.557. The Morgan fingerprint density at radius 1 is 1.31 bits per heavy atom. The predicted molar refractivity (Wildman–Crippen MR) is 53.4 cm³/mol. The van der Waals surface area contributed by atoms with Gasteiger partial charge in [-0.2, -0.15) is 0 Å². The van der Waals surface area contributed by atoms with Crippen LogP contribution in [0, 0.1) is 10.8 Å². The summed E-state index contributed by atoms with van der Waals surface area (Å²) in [7, 11) is 0. The molecule has 0 spiro atoms. The molecule has 0 aromatic rings. The predicted octanol–water partition coefficient (Wildman–Crippen LogP) is 3.10. The number of allylic oxidation sites excluding steroid dienone is 2. The molecule has 13 heavy (non-hydrogen) atoms. The molecule has 1 atom stereocenters. The van der Waals surface area contributed by atoms with Crippen LogP contribution < -0.4 is 0 Å². The second-order valence-corrected chi connectivity index (χ2v) is 5.65. The summed E-state index contributed by atoms with van der Waals surface area (Å²) in [4.78, 5) is 11.6. The Morgan fingerprint density at radius 2 is 2.00 bits per heavy atom. The van der Waals surface area contributed by atoms with Crippen molar-refractivity contribution in [2.75, 3.05) is 0 Å². The third kappa shape index (κ3) is 1.34. The lowest BCUT2D eigenvalue weighted by atomic mass is 9.65. The zero-order chi connectivity index (χ0) is 9.69. The van der Waals surface area contributed by atoms with E-state index in [4.69, 9.17) is 0 Å². The van der Waals surface area contributed by atoms with E-state index < -0.39 is 0 Å². The van der Waals surface area contributed by atoms with Crippen LogP contribution in [0.1, 0.15) is 46.5 Å². The van der Waals surface area contributed by atoms with Gasteiger partial charge >= 0.3 is 0 Å². The van der Waals surface area contributed by atoms with E-state index in [1.54, 1.807) is 0 Å². The standard InChI is InChI=1S/C12H18O/c1-11(2)6-4-9-10(13)5-7-12(9,3)8-11/h4H,5-8H2,1-3H3. The number of carbonyl (C=O) groups excluding carboxylic acids is 1. The summed E-state index contributed by atoms with van der Waals surface area (Å²) in [6.45, 7) is 6.85. The summed E-state index contributed by atoms with van der Waals surface area (Å²) < 4.78 is 0. The Bertz CT molecular complexity index is 285. The van der Waals surface area contributed by atoms with Gasteiger partial charge in [-0.3, -0.25) is 4.79 Å². The smallest absolute Gasteiger partial charge is 0.159 e. The number of fused-ring (bicyclic) bond motifs is 1. The van der Waals surface area contributed by atoms with Gasteiger partial charge in [0.1, 0.15) is 0 Å². The van der Waals surface area contributed by atoms with Gasteiger partial charge in [0.2, 0.25) is 0 Å². The molecule has 0 aliphatic heterocycles. The summed E-state index contributed by atoms with van der Waals surface area (Å²) in [5, 5.41) is 0. The Kier molecular flexibility index (Phi) is 1.70. The van der Waals surface area contributed by atoms with E-state index in [2.05, 4.69) is 26.8 Å². The third-order valence-electron chi connectivity index (χ3n) is 3.58. The maximum absolute atomic E-state index is 11.6. The van der Waals surface area contributed by atoms with Crippen molar-refractivity contribution in [1.82, 2.24) is 0 Å². The molecule has 1 heteroatoms.